The lowest BCUT2D eigenvalue weighted by Crippen LogP contribution is -2.23. The molecule has 0 atom stereocenters. The topological polar surface area (TPSA) is 30.5 Å². The molecule has 1 N–H and O–H groups in total. The van der Waals surface area contributed by atoms with Crippen molar-refractivity contribution in [2.45, 2.75) is 19.5 Å². The van der Waals surface area contributed by atoms with Crippen LogP contribution in [0.15, 0.2) is 0 Å². The highest BCUT2D eigenvalue weighted by atomic mass is 19.4. The Morgan fingerprint density at radius 3 is 2.40 bits per heavy atom. The fraction of sp³-hybridized carbons (Fsp3) is 1.00. The van der Waals surface area contributed by atoms with E-state index in [0.717, 1.165) is 0 Å². The minimum atomic E-state index is -4.22. The van der Waals surface area contributed by atoms with Crippen LogP contribution in [0.2, 0.25) is 0 Å². The molecular weight excluding hydrogens is 211 g/mol. The van der Waals surface area contributed by atoms with Gasteiger partial charge in [0.1, 0.15) is 6.61 Å². The Balaban J connectivity index is 2.99. The van der Waals surface area contributed by atoms with Crippen molar-refractivity contribution in [3.63, 3.8) is 0 Å². The van der Waals surface area contributed by atoms with Crippen LogP contribution in [0.1, 0.15) is 13.3 Å². The molecule has 0 aromatic carbocycles. The SMILES string of the molecule is CCOCCNCCCOCC(F)(F)F. The summed E-state index contributed by atoms with van der Waals surface area (Å²) in [5.74, 6) is 0. The molecule has 3 nitrogen and oxygen atoms in total. The molecular formula is C9H18F3NO2. The molecule has 0 aromatic heterocycles. The van der Waals surface area contributed by atoms with Crippen LogP contribution in [-0.4, -0.2) is 45.7 Å². The van der Waals surface area contributed by atoms with E-state index in [0.29, 0.717) is 32.7 Å². The van der Waals surface area contributed by atoms with Gasteiger partial charge in [0.25, 0.3) is 0 Å². The Kier molecular flexibility index (Phi) is 8.74. The summed E-state index contributed by atoms with van der Waals surface area (Å²) in [6.45, 7) is 3.53. The van der Waals surface area contributed by atoms with Crippen LogP contribution < -0.4 is 5.32 Å². The molecule has 0 radical (unpaired) electrons. The van der Waals surface area contributed by atoms with Crippen LogP contribution in [0.5, 0.6) is 0 Å². The zero-order valence-corrected chi connectivity index (χ0v) is 8.90. The first-order valence-corrected chi connectivity index (χ1v) is 4.99. The summed E-state index contributed by atoms with van der Waals surface area (Å²) in [5, 5.41) is 3.03. The van der Waals surface area contributed by atoms with Crippen molar-refractivity contribution in [3.8, 4) is 0 Å². The Morgan fingerprint density at radius 1 is 1.07 bits per heavy atom. The summed E-state index contributed by atoms with van der Waals surface area (Å²) in [6, 6.07) is 0. The van der Waals surface area contributed by atoms with Crippen molar-refractivity contribution in [2.24, 2.45) is 0 Å². The van der Waals surface area contributed by atoms with Crippen molar-refractivity contribution < 1.29 is 22.6 Å². The van der Waals surface area contributed by atoms with Crippen molar-refractivity contribution >= 4 is 0 Å². The van der Waals surface area contributed by atoms with Gasteiger partial charge in [0.05, 0.1) is 6.61 Å². The standard InChI is InChI=1S/C9H18F3NO2/c1-2-14-7-5-13-4-3-6-15-8-9(10,11)12/h13H,2-8H2,1H3. The molecule has 0 fully saturated rings. The first-order valence-electron chi connectivity index (χ1n) is 4.99. The van der Waals surface area contributed by atoms with E-state index in [-0.39, 0.29) is 6.61 Å². The van der Waals surface area contributed by atoms with Gasteiger partial charge >= 0.3 is 6.18 Å². The average Bonchev–Trinajstić information content (AvgIpc) is 2.14. The second-order valence-corrected chi connectivity index (χ2v) is 2.97. The molecule has 92 valence electrons. The van der Waals surface area contributed by atoms with Crippen molar-refractivity contribution in [1.82, 2.24) is 5.32 Å². The van der Waals surface area contributed by atoms with Crippen molar-refractivity contribution in [1.29, 1.82) is 0 Å². The van der Waals surface area contributed by atoms with Crippen LogP contribution in [0, 0.1) is 0 Å². The molecule has 0 unspecified atom stereocenters. The number of ether oxygens (including phenoxy) is 2. The lowest BCUT2D eigenvalue weighted by Gasteiger charge is -2.08. The van der Waals surface area contributed by atoms with Gasteiger partial charge in [0, 0.05) is 19.8 Å². The molecule has 0 saturated heterocycles. The maximum absolute atomic E-state index is 11.6. The van der Waals surface area contributed by atoms with E-state index >= 15 is 0 Å². The number of alkyl halides is 3. The lowest BCUT2D eigenvalue weighted by molar-refractivity contribution is -0.173. The first kappa shape index (κ1) is 14.7. The summed E-state index contributed by atoms with van der Waals surface area (Å²) in [4.78, 5) is 0. The third-order valence-corrected chi connectivity index (χ3v) is 1.54. The molecule has 0 saturated carbocycles. The Labute approximate surface area is 87.9 Å². The highest BCUT2D eigenvalue weighted by Gasteiger charge is 2.26. The van der Waals surface area contributed by atoms with Crippen LogP contribution in [0.4, 0.5) is 13.2 Å². The number of hydrogen-bond acceptors (Lipinski definition) is 3. The molecule has 0 aromatic rings. The molecule has 0 spiro atoms. The van der Waals surface area contributed by atoms with Gasteiger partial charge in [-0.25, -0.2) is 0 Å². The van der Waals surface area contributed by atoms with Crippen molar-refractivity contribution in [3.05, 3.63) is 0 Å². The second-order valence-electron chi connectivity index (χ2n) is 2.97. The zero-order valence-electron chi connectivity index (χ0n) is 8.90. The molecule has 0 rings (SSSR count). The van der Waals surface area contributed by atoms with E-state index in [9.17, 15) is 13.2 Å². The lowest BCUT2D eigenvalue weighted by atomic mass is 10.4. The van der Waals surface area contributed by atoms with E-state index in [1.807, 2.05) is 6.92 Å². The average molecular weight is 229 g/mol. The molecule has 0 bridgehead atoms. The van der Waals surface area contributed by atoms with Gasteiger partial charge in [-0.05, 0) is 19.9 Å². The van der Waals surface area contributed by atoms with Crippen LogP contribution in [-0.2, 0) is 9.47 Å². The minimum Gasteiger partial charge on any atom is -0.380 e. The quantitative estimate of drug-likeness (QED) is 0.609. The number of rotatable bonds is 9. The molecule has 0 amide bonds. The van der Waals surface area contributed by atoms with Gasteiger partial charge in [-0.3, -0.25) is 0 Å². The van der Waals surface area contributed by atoms with E-state index in [1.54, 1.807) is 0 Å². The molecule has 0 aliphatic carbocycles. The summed E-state index contributed by atoms with van der Waals surface area (Å²) in [6.07, 6.45) is -3.65. The fourth-order valence-corrected chi connectivity index (χ4v) is 0.901. The van der Waals surface area contributed by atoms with E-state index in [4.69, 9.17) is 4.74 Å². The largest absolute Gasteiger partial charge is 0.411 e. The summed E-state index contributed by atoms with van der Waals surface area (Å²) < 4.78 is 44.3. The molecule has 15 heavy (non-hydrogen) atoms. The second kappa shape index (κ2) is 8.94. The van der Waals surface area contributed by atoms with E-state index in [2.05, 4.69) is 10.1 Å². The first-order chi connectivity index (χ1) is 7.06. The Morgan fingerprint density at radius 2 is 1.80 bits per heavy atom. The van der Waals surface area contributed by atoms with Crippen LogP contribution >= 0.6 is 0 Å². The number of nitrogens with one attached hydrogen (secondary N) is 1. The van der Waals surface area contributed by atoms with Gasteiger partial charge < -0.3 is 14.8 Å². The zero-order chi connectivity index (χ0) is 11.6. The minimum absolute atomic E-state index is 0.126. The van der Waals surface area contributed by atoms with Crippen LogP contribution in [0.3, 0.4) is 0 Å². The highest BCUT2D eigenvalue weighted by Crippen LogP contribution is 2.14. The maximum atomic E-state index is 11.6. The predicted octanol–water partition coefficient (Wildman–Crippen LogP) is 1.58. The highest BCUT2D eigenvalue weighted by molar-refractivity contribution is 4.49. The predicted molar refractivity (Wildman–Crippen MR) is 50.9 cm³/mol. The van der Waals surface area contributed by atoms with E-state index < -0.39 is 12.8 Å². The van der Waals surface area contributed by atoms with Gasteiger partial charge in [0.2, 0.25) is 0 Å². The summed E-state index contributed by atoms with van der Waals surface area (Å²) in [7, 11) is 0. The molecule has 0 heterocycles. The summed E-state index contributed by atoms with van der Waals surface area (Å²) >= 11 is 0. The number of hydrogen-bond donors (Lipinski definition) is 1. The molecule has 0 aliphatic heterocycles. The Hall–Kier alpha value is -0.330. The third-order valence-electron chi connectivity index (χ3n) is 1.54. The van der Waals surface area contributed by atoms with E-state index in [1.165, 1.54) is 0 Å². The maximum Gasteiger partial charge on any atom is 0.411 e. The van der Waals surface area contributed by atoms with Gasteiger partial charge in [-0.15, -0.1) is 0 Å². The molecule has 0 aliphatic rings. The fourth-order valence-electron chi connectivity index (χ4n) is 0.901. The molecule has 6 heteroatoms. The summed E-state index contributed by atoms with van der Waals surface area (Å²) in [5.41, 5.74) is 0. The van der Waals surface area contributed by atoms with Gasteiger partial charge in [0.15, 0.2) is 0 Å². The monoisotopic (exact) mass is 229 g/mol. The smallest absolute Gasteiger partial charge is 0.380 e. The third kappa shape index (κ3) is 13.7. The Bertz CT molecular complexity index is 142. The van der Waals surface area contributed by atoms with Crippen molar-refractivity contribution in [2.75, 3.05) is 39.5 Å². The van der Waals surface area contributed by atoms with Gasteiger partial charge in [-0.1, -0.05) is 0 Å². The van der Waals surface area contributed by atoms with Crippen LogP contribution in [0.25, 0.3) is 0 Å². The number of halogens is 3. The normalized spacial score (nSPS) is 12.0. The van der Waals surface area contributed by atoms with Gasteiger partial charge in [-0.2, -0.15) is 13.2 Å².